The molecule has 1 aliphatic carbocycles. The van der Waals surface area contributed by atoms with E-state index < -0.39 is 17.5 Å². The molecule has 1 aliphatic rings. The van der Waals surface area contributed by atoms with Gasteiger partial charge in [0.15, 0.2) is 23.2 Å². The predicted octanol–water partition coefficient (Wildman–Crippen LogP) is 9.29. The molecule has 3 aromatic rings. The molecule has 1 nitrogen and oxygen atoms in total. The van der Waals surface area contributed by atoms with Gasteiger partial charge in [0, 0.05) is 11.5 Å². The van der Waals surface area contributed by atoms with Gasteiger partial charge in [-0.1, -0.05) is 80.8 Å². The zero-order valence-corrected chi connectivity index (χ0v) is 20.5. The highest BCUT2D eigenvalue weighted by atomic mass is 19.2. The van der Waals surface area contributed by atoms with Crippen LogP contribution in [-0.4, -0.2) is 6.61 Å². The van der Waals surface area contributed by atoms with E-state index >= 15 is 0 Å². The lowest BCUT2D eigenvalue weighted by Crippen LogP contribution is -2.16. The fourth-order valence-electron chi connectivity index (χ4n) is 4.68. The number of hydrogen-bond acceptors (Lipinski definition) is 1. The molecule has 0 amide bonds. The first-order valence-corrected chi connectivity index (χ1v) is 12.6. The van der Waals surface area contributed by atoms with Crippen molar-refractivity contribution in [3.63, 3.8) is 0 Å². The molecule has 0 aromatic heterocycles. The molecular weight excluding hydrogens is 445 g/mol. The van der Waals surface area contributed by atoms with Crippen LogP contribution in [0.2, 0.25) is 0 Å². The maximum atomic E-state index is 14.8. The number of ether oxygens (including phenoxy) is 1. The molecule has 0 aliphatic heterocycles. The zero-order valence-electron chi connectivity index (χ0n) is 20.5. The molecule has 3 aromatic carbocycles. The van der Waals surface area contributed by atoms with E-state index in [1.807, 2.05) is 6.07 Å². The Labute approximate surface area is 206 Å². The van der Waals surface area contributed by atoms with E-state index in [0.29, 0.717) is 29.6 Å². The monoisotopic (exact) mass is 478 g/mol. The van der Waals surface area contributed by atoms with Gasteiger partial charge in [0.2, 0.25) is 0 Å². The van der Waals surface area contributed by atoms with Crippen LogP contribution in [0.5, 0.6) is 5.75 Å². The van der Waals surface area contributed by atoms with Crippen LogP contribution in [0.15, 0.2) is 66.7 Å². The van der Waals surface area contributed by atoms with Crippen LogP contribution in [0, 0.1) is 36.2 Å². The van der Waals surface area contributed by atoms with Crippen molar-refractivity contribution >= 4 is 0 Å². The fraction of sp³-hybridized carbons (Fsp3) is 0.355. The number of aryl methyl sites for hydroxylation is 1. The van der Waals surface area contributed by atoms with E-state index in [1.165, 1.54) is 45.1 Å². The van der Waals surface area contributed by atoms with E-state index in [4.69, 9.17) is 4.74 Å². The molecule has 0 saturated carbocycles. The first-order valence-electron chi connectivity index (χ1n) is 12.6. The van der Waals surface area contributed by atoms with Gasteiger partial charge in [0.05, 0.1) is 6.61 Å². The molecule has 35 heavy (non-hydrogen) atoms. The lowest BCUT2D eigenvalue weighted by Gasteiger charge is -2.23. The van der Waals surface area contributed by atoms with Gasteiger partial charge in [-0.25, -0.2) is 13.2 Å². The topological polar surface area (TPSA) is 9.23 Å². The maximum absolute atomic E-state index is 14.8. The average molecular weight is 479 g/mol. The van der Waals surface area contributed by atoms with Gasteiger partial charge in [0.1, 0.15) is 0 Å². The van der Waals surface area contributed by atoms with Gasteiger partial charge in [0.25, 0.3) is 0 Å². The van der Waals surface area contributed by atoms with Crippen molar-refractivity contribution in [3.8, 4) is 28.0 Å². The Morgan fingerprint density at radius 1 is 0.771 bits per heavy atom. The molecule has 0 fully saturated rings. The molecule has 2 atom stereocenters. The van der Waals surface area contributed by atoms with E-state index in [0.717, 1.165) is 12.0 Å². The Kier molecular flexibility index (Phi) is 8.33. The Bertz CT molecular complexity index is 1170. The normalized spacial score (nSPS) is 17.5. The molecule has 184 valence electrons. The second-order valence-corrected chi connectivity index (χ2v) is 9.57. The summed E-state index contributed by atoms with van der Waals surface area (Å²) < 4.78 is 48.8. The Morgan fingerprint density at radius 3 is 2.14 bits per heavy atom. The van der Waals surface area contributed by atoms with E-state index in [-0.39, 0.29) is 16.9 Å². The maximum Gasteiger partial charge on any atom is 0.166 e. The standard InChI is InChI=1S/C31H33F3O/c1-3-4-5-6-22-8-10-23(11-9-22)20-35-29-18-16-26(19-28(29)32)24-12-14-25(15-13-24)27-17-7-21(2)30(33)31(27)34/h7-8,10,12-19,22-23H,3-6,9,11,20H2,1-2H3. The van der Waals surface area contributed by atoms with Gasteiger partial charge in [-0.15, -0.1) is 0 Å². The molecule has 0 bridgehead atoms. The molecule has 0 N–H and O–H groups in total. The van der Waals surface area contributed by atoms with Crippen LogP contribution in [0.1, 0.15) is 51.0 Å². The minimum Gasteiger partial charge on any atom is -0.490 e. The molecule has 0 radical (unpaired) electrons. The third kappa shape index (κ3) is 6.17. The quantitative estimate of drug-likeness (QED) is 0.220. The van der Waals surface area contributed by atoms with Gasteiger partial charge in [-0.2, -0.15) is 0 Å². The molecule has 0 heterocycles. The number of benzene rings is 3. The molecule has 0 spiro atoms. The molecular formula is C31H33F3O. The van der Waals surface area contributed by atoms with Crippen molar-refractivity contribution in [2.75, 3.05) is 6.61 Å². The van der Waals surface area contributed by atoms with Crippen molar-refractivity contribution in [2.24, 2.45) is 11.8 Å². The van der Waals surface area contributed by atoms with Crippen LogP contribution < -0.4 is 4.74 Å². The van der Waals surface area contributed by atoms with Crippen molar-refractivity contribution in [1.29, 1.82) is 0 Å². The van der Waals surface area contributed by atoms with E-state index in [2.05, 4.69) is 19.1 Å². The SMILES string of the molecule is CCCCCC1C=CC(COc2ccc(-c3ccc(-c4ccc(C)c(F)c4F)cc3)cc2F)CC1. The summed E-state index contributed by atoms with van der Waals surface area (Å²) in [5.74, 6) is -0.862. The van der Waals surface area contributed by atoms with Gasteiger partial charge >= 0.3 is 0 Å². The fourth-order valence-corrected chi connectivity index (χ4v) is 4.68. The summed E-state index contributed by atoms with van der Waals surface area (Å²) in [6.07, 6.45) is 11.9. The average Bonchev–Trinajstić information content (AvgIpc) is 2.88. The summed E-state index contributed by atoms with van der Waals surface area (Å²) >= 11 is 0. The third-order valence-corrected chi connectivity index (χ3v) is 6.93. The summed E-state index contributed by atoms with van der Waals surface area (Å²) in [5.41, 5.74) is 2.53. The zero-order chi connectivity index (χ0) is 24.8. The molecule has 4 rings (SSSR count). The second-order valence-electron chi connectivity index (χ2n) is 9.57. The number of halogens is 3. The minimum atomic E-state index is -0.856. The molecule has 2 unspecified atom stereocenters. The van der Waals surface area contributed by atoms with E-state index in [9.17, 15) is 13.2 Å². The van der Waals surface area contributed by atoms with Crippen LogP contribution in [0.25, 0.3) is 22.3 Å². The Morgan fingerprint density at radius 2 is 1.46 bits per heavy atom. The Hall–Kier alpha value is -3.01. The largest absolute Gasteiger partial charge is 0.490 e. The summed E-state index contributed by atoms with van der Waals surface area (Å²) in [4.78, 5) is 0. The highest BCUT2D eigenvalue weighted by molar-refractivity contribution is 5.71. The van der Waals surface area contributed by atoms with Crippen molar-refractivity contribution in [1.82, 2.24) is 0 Å². The van der Waals surface area contributed by atoms with Gasteiger partial charge < -0.3 is 4.74 Å². The van der Waals surface area contributed by atoms with Crippen molar-refractivity contribution in [3.05, 3.63) is 89.8 Å². The lowest BCUT2D eigenvalue weighted by molar-refractivity contribution is 0.244. The molecule has 0 saturated heterocycles. The summed E-state index contributed by atoms with van der Waals surface area (Å²) in [6, 6.07) is 15.1. The number of allylic oxidation sites excluding steroid dienone is 1. The van der Waals surface area contributed by atoms with Gasteiger partial charge in [-0.05, 0) is 66.5 Å². The van der Waals surface area contributed by atoms with Crippen LogP contribution in [-0.2, 0) is 0 Å². The number of unbranched alkanes of at least 4 members (excludes halogenated alkanes) is 2. The van der Waals surface area contributed by atoms with Crippen LogP contribution in [0.3, 0.4) is 0 Å². The number of rotatable bonds is 9. The van der Waals surface area contributed by atoms with Crippen LogP contribution in [0.4, 0.5) is 13.2 Å². The second kappa shape index (κ2) is 11.6. The highest BCUT2D eigenvalue weighted by Crippen LogP contribution is 2.31. The smallest absolute Gasteiger partial charge is 0.166 e. The minimum absolute atomic E-state index is 0.207. The summed E-state index contributed by atoms with van der Waals surface area (Å²) in [5, 5.41) is 0. The first-order chi connectivity index (χ1) is 17.0. The highest BCUT2D eigenvalue weighted by Gasteiger charge is 2.17. The Balaban J connectivity index is 1.37. The lowest BCUT2D eigenvalue weighted by atomic mass is 9.86. The number of hydrogen-bond donors (Lipinski definition) is 0. The molecule has 4 heteroatoms. The van der Waals surface area contributed by atoms with Crippen LogP contribution >= 0.6 is 0 Å². The predicted molar refractivity (Wildman–Crippen MR) is 137 cm³/mol. The van der Waals surface area contributed by atoms with Gasteiger partial charge in [-0.3, -0.25) is 0 Å². The van der Waals surface area contributed by atoms with Crippen molar-refractivity contribution in [2.45, 2.75) is 52.4 Å². The third-order valence-electron chi connectivity index (χ3n) is 6.93. The summed E-state index contributed by atoms with van der Waals surface area (Å²) in [6.45, 7) is 4.23. The summed E-state index contributed by atoms with van der Waals surface area (Å²) in [7, 11) is 0. The first kappa shape index (κ1) is 25.1. The van der Waals surface area contributed by atoms with E-state index in [1.54, 1.807) is 42.5 Å². The van der Waals surface area contributed by atoms with Crippen molar-refractivity contribution < 1.29 is 17.9 Å².